The SMILES string of the molecule is CCC(C)CC1C(C)C(C)(C)C1(C)CC. The lowest BCUT2D eigenvalue weighted by Crippen LogP contribution is -2.60. The molecule has 1 fully saturated rings. The molecule has 0 N–H and O–H groups in total. The van der Waals surface area contributed by atoms with Gasteiger partial charge in [0.1, 0.15) is 0 Å². The predicted molar refractivity (Wildman–Crippen MR) is 68.9 cm³/mol. The van der Waals surface area contributed by atoms with E-state index < -0.39 is 0 Å². The van der Waals surface area contributed by atoms with Gasteiger partial charge in [0, 0.05) is 0 Å². The fourth-order valence-corrected chi connectivity index (χ4v) is 3.74. The highest BCUT2D eigenvalue weighted by Gasteiger charge is 2.60. The molecule has 0 spiro atoms. The second-order valence-electron chi connectivity index (χ2n) is 6.64. The van der Waals surface area contributed by atoms with Gasteiger partial charge in [0.15, 0.2) is 0 Å². The van der Waals surface area contributed by atoms with E-state index in [1.54, 1.807) is 0 Å². The van der Waals surface area contributed by atoms with Gasteiger partial charge in [-0.25, -0.2) is 0 Å². The first-order valence-corrected chi connectivity index (χ1v) is 6.81. The third kappa shape index (κ3) is 1.74. The maximum Gasteiger partial charge on any atom is -0.0243 e. The van der Waals surface area contributed by atoms with Crippen LogP contribution in [0.25, 0.3) is 0 Å². The lowest BCUT2D eigenvalue weighted by Gasteiger charge is -2.66. The minimum absolute atomic E-state index is 0.542. The Bertz CT molecular complexity index is 216. The van der Waals surface area contributed by atoms with Gasteiger partial charge in [-0.2, -0.15) is 0 Å². The minimum Gasteiger partial charge on any atom is -0.0651 e. The van der Waals surface area contributed by atoms with Crippen molar-refractivity contribution in [2.45, 2.75) is 67.7 Å². The molecule has 1 rings (SSSR count). The molecule has 90 valence electrons. The van der Waals surface area contributed by atoms with Crippen LogP contribution in [-0.4, -0.2) is 0 Å². The van der Waals surface area contributed by atoms with Crippen molar-refractivity contribution < 1.29 is 0 Å². The Hall–Kier alpha value is 0. The molecule has 4 atom stereocenters. The Kier molecular flexibility index (Phi) is 3.58. The van der Waals surface area contributed by atoms with Crippen LogP contribution in [0.1, 0.15) is 67.7 Å². The number of hydrogen-bond acceptors (Lipinski definition) is 0. The highest BCUT2D eigenvalue weighted by Crippen LogP contribution is 2.67. The Morgan fingerprint density at radius 2 is 1.67 bits per heavy atom. The van der Waals surface area contributed by atoms with E-state index in [0.717, 1.165) is 17.8 Å². The normalized spacial score (nSPS) is 41.0. The van der Waals surface area contributed by atoms with Gasteiger partial charge in [-0.1, -0.05) is 54.9 Å². The Morgan fingerprint density at radius 1 is 1.13 bits per heavy atom. The molecule has 0 aromatic heterocycles. The fraction of sp³-hybridized carbons (Fsp3) is 1.00. The van der Waals surface area contributed by atoms with E-state index in [9.17, 15) is 0 Å². The van der Waals surface area contributed by atoms with Gasteiger partial charge in [0.25, 0.3) is 0 Å². The maximum atomic E-state index is 2.51. The molecule has 1 aliphatic carbocycles. The van der Waals surface area contributed by atoms with E-state index in [2.05, 4.69) is 48.5 Å². The monoisotopic (exact) mass is 210 g/mol. The van der Waals surface area contributed by atoms with Crippen LogP contribution in [0.4, 0.5) is 0 Å². The van der Waals surface area contributed by atoms with Crippen molar-refractivity contribution in [3.8, 4) is 0 Å². The van der Waals surface area contributed by atoms with Gasteiger partial charge in [-0.3, -0.25) is 0 Å². The fourth-order valence-electron chi connectivity index (χ4n) is 3.74. The molecule has 0 aromatic carbocycles. The third-order valence-corrected chi connectivity index (χ3v) is 6.12. The van der Waals surface area contributed by atoms with Crippen LogP contribution in [0.3, 0.4) is 0 Å². The van der Waals surface area contributed by atoms with Crippen LogP contribution in [0.2, 0.25) is 0 Å². The zero-order valence-corrected chi connectivity index (χ0v) is 11.9. The number of rotatable bonds is 4. The first-order valence-electron chi connectivity index (χ1n) is 6.81. The van der Waals surface area contributed by atoms with Crippen molar-refractivity contribution in [3.63, 3.8) is 0 Å². The molecule has 0 aliphatic heterocycles. The largest absolute Gasteiger partial charge is 0.0651 e. The van der Waals surface area contributed by atoms with Gasteiger partial charge < -0.3 is 0 Å². The summed E-state index contributed by atoms with van der Waals surface area (Å²) in [7, 11) is 0. The summed E-state index contributed by atoms with van der Waals surface area (Å²) in [4.78, 5) is 0. The minimum atomic E-state index is 0.542. The van der Waals surface area contributed by atoms with Gasteiger partial charge in [-0.15, -0.1) is 0 Å². The van der Waals surface area contributed by atoms with Crippen molar-refractivity contribution >= 4 is 0 Å². The Morgan fingerprint density at radius 3 is 2.07 bits per heavy atom. The van der Waals surface area contributed by atoms with Gasteiger partial charge >= 0.3 is 0 Å². The summed E-state index contributed by atoms with van der Waals surface area (Å²) in [5.74, 6) is 2.75. The molecule has 0 saturated heterocycles. The summed E-state index contributed by atoms with van der Waals surface area (Å²) in [6.07, 6.45) is 4.11. The second kappa shape index (κ2) is 4.11. The highest BCUT2D eigenvalue weighted by atomic mass is 14.6. The lowest BCUT2D eigenvalue weighted by atomic mass is 9.38. The summed E-state index contributed by atoms with van der Waals surface area (Å²) in [5.41, 5.74) is 1.12. The van der Waals surface area contributed by atoms with Crippen LogP contribution in [0.5, 0.6) is 0 Å². The average Bonchev–Trinajstić information content (AvgIpc) is 2.23. The van der Waals surface area contributed by atoms with Gasteiger partial charge in [-0.05, 0) is 41.4 Å². The Balaban J connectivity index is 2.74. The lowest BCUT2D eigenvalue weighted by molar-refractivity contribution is -0.180. The molecule has 0 heterocycles. The Labute approximate surface area is 96.8 Å². The van der Waals surface area contributed by atoms with E-state index in [4.69, 9.17) is 0 Å². The van der Waals surface area contributed by atoms with Crippen molar-refractivity contribution in [1.29, 1.82) is 0 Å². The zero-order chi connectivity index (χ0) is 11.9. The van der Waals surface area contributed by atoms with E-state index in [-0.39, 0.29) is 0 Å². The highest BCUT2D eigenvalue weighted by molar-refractivity contribution is 5.08. The van der Waals surface area contributed by atoms with E-state index in [1.165, 1.54) is 19.3 Å². The molecule has 15 heavy (non-hydrogen) atoms. The van der Waals surface area contributed by atoms with E-state index >= 15 is 0 Å². The smallest absolute Gasteiger partial charge is 0.0243 e. The molecule has 0 nitrogen and oxygen atoms in total. The molecular weight excluding hydrogens is 180 g/mol. The second-order valence-corrected chi connectivity index (χ2v) is 6.64. The van der Waals surface area contributed by atoms with Crippen molar-refractivity contribution in [1.82, 2.24) is 0 Å². The molecule has 0 amide bonds. The van der Waals surface area contributed by atoms with Crippen LogP contribution in [-0.2, 0) is 0 Å². The molecule has 0 bridgehead atoms. The maximum absolute atomic E-state index is 2.51. The summed E-state index contributed by atoms with van der Waals surface area (Å²) in [5, 5.41) is 0. The quantitative estimate of drug-likeness (QED) is 0.603. The molecular formula is C15H30. The van der Waals surface area contributed by atoms with Crippen LogP contribution >= 0.6 is 0 Å². The van der Waals surface area contributed by atoms with E-state index in [1.807, 2.05) is 0 Å². The summed E-state index contributed by atoms with van der Waals surface area (Å²) >= 11 is 0. The van der Waals surface area contributed by atoms with Gasteiger partial charge in [0.2, 0.25) is 0 Å². The molecule has 0 aromatic rings. The predicted octanol–water partition coefficient (Wildman–Crippen LogP) is 5.13. The summed E-state index contributed by atoms with van der Waals surface area (Å²) in [6.45, 7) is 17.0. The topological polar surface area (TPSA) is 0 Å². The van der Waals surface area contributed by atoms with Crippen molar-refractivity contribution in [3.05, 3.63) is 0 Å². The summed E-state index contributed by atoms with van der Waals surface area (Å²) in [6, 6.07) is 0. The first-order chi connectivity index (χ1) is 6.81. The van der Waals surface area contributed by atoms with Gasteiger partial charge in [0.05, 0.1) is 0 Å². The summed E-state index contributed by atoms with van der Waals surface area (Å²) < 4.78 is 0. The number of hydrogen-bond donors (Lipinski definition) is 0. The third-order valence-electron chi connectivity index (χ3n) is 6.12. The molecule has 4 unspecified atom stereocenters. The van der Waals surface area contributed by atoms with Crippen molar-refractivity contribution in [2.75, 3.05) is 0 Å². The van der Waals surface area contributed by atoms with Crippen LogP contribution < -0.4 is 0 Å². The molecule has 0 heteroatoms. The van der Waals surface area contributed by atoms with E-state index in [0.29, 0.717) is 10.8 Å². The van der Waals surface area contributed by atoms with Crippen LogP contribution in [0.15, 0.2) is 0 Å². The first kappa shape index (κ1) is 13.1. The zero-order valence-electron chi connectivity index (χ0n) is 11.9. The van der Waals surface area contributed by atoms with Crippen molar-refractivity contribution in [2.24, 2.45) is 28.6 Å². The molecule has 1 aliphatic rings. The van der Waals surface area contributed by atoms with Crippen LogP contribution in [0, 0.1) is 28.6 Å². The standard InChI is InChI=1S/C15H30/c1-8-11(3)10-13-12(4)14(5,6)15(13,7)9-2/h11-13H,8-10H2,1-7H3. The molecule has 0 radical (unpaired) electrons. The molecule has 1 saturated carbocycles. The average molecular weight is 210 g/mol.